The molecule has 0 fully saturated rings. The van der Waals surface area contributed by atoms with Crippen LogP contribution >= 0.6 is 22.9 Å². The van der Waals surface area contributed by atoms with Crippen molar-refractivity contribution in [2.45, 2.75) is 12.7 Å². The molecule has 0 bridgehead atoms. The number of hydrogen-bond acceptors (Lipinski definition) is 5. The molecule has 0 saturated carbocycles. The second-order valence-electron chi connectivity index (χ2n) is 6.29. The Kier molecular flexibility index (Phi) is 7.21. The molecule has 0 saturated heterocycles. The number of hydrogen-bond donors (Lipinski definition) is 2. The SMILES string of the molecule is O=C(NCc1ccc(F)cc1)c1nnc(/C(Cl)=C/c2cccc(NC(=O)C(F)(F)F)c2)s1. The molecule has 0 aliphatic rings. The summed E-state index contributed by atoms with van der Waals surface area (Å²) in [4.78, 5) is 23.3. The molecule has 32 heavy (non-hydrogen) atoms. The molecule has 3 rings (SSSR count). The maximum absolute atomic E-state index is 12.9. The number of aromatic nitrogens is 2. The van der Waals surface area contributed by atoms with Crippen LogP contribution in [-0.2, 0) is 11.3 Å². The van der Waals surface area contributed by atoms with Gasteiger partial charge in [0.2, 0.25) is 5.01 Å². The van der Waals surface area contributed by atoms with E-state index in [1.807, 2.05) is 0 Å². The fourth-order valence-corrected chi connectivity index (χ4v) is 3.34. The molecule has 1 aromatic heterocycles. The summed E-state index contributed by atoms with van der Waals surface area (Å²) in [7, 11) is 0. The van der Waals surface area contributed by atoms with E-state index in [2.05, 4.69) is 15.5 Å². The molecule has 0 unspecified atom stereocenters. The maximum Gasteiger partial charge on any atom is 0.471 e. The first kappa shape index (κ1) is 23.4. The van der Waals surface area contributed by atoms with Gasteiger partial charge in [-0.05, 0) is 41.5 Å². The van der Waals surface area contributed by atoms with Crippen LogP contribution in [0.25, 0.3) is 11.1 Å². The quantitative estimate of drug-likeness (QED) is 0.490. The Morgan fingerprint density at radius 2 is 1.75 bits per heavy atom. The van der Waals surface area contributed by atoms with E-state index < -0.39 is 18.0 Å². The minimum Gasteiger partial charge on any atom is -0.346 e. The van der Waals surface area contributed by atoms with Crippen LogP contribution in [0.2, 0.25) is 0 Å². The lowest BCUT2D eigenvalue weighted by molar-refractivity contribution is -0.167. The number of alkyl halides is 3. The first-order valence-corrected chi connectivity index (χ1v) is 10.0. The minimum absolute atomic E-state index is 0.0415. The van der Waals surface area contributed by atoms with E-state index >= 15 is 0 Å². The van der Waals surface area contributed by atoms with Gasteiger partial charge in [0.15, 0.2) is 5.01 Å². The lowest BCUT2D eigenvalue weighted by atomic mass is 10.2. The number of nitrogens with zero attached hydrogens (tertiary/aromatic N) is 2. The topological polar surface area (TPSA) is 84.0 Å². The summed E-state index contributed by atoms with van der Waals surface area (Å²) < 4.78 is 50.1. The van der Waals surface area contributed by atoms with Crippen molar-refractivity contribution >= 4 is 51.5 Å². The molecule has 0 aliphatic heterocycles. The second kappa shape index (κ2) is 9.88. The summed E-state index contributed by atoms with van der Waals surface area (Å²) in [6.45, 7) is 0.161. The first-order valence-electron chi connectivity index (χ1n) is 8.84. The van der Waals surface area contributed by atoms with Crippen molar-refractivity contribution in [3.05, 3.63) is 75.5 Å². The van der Waals surface area contributed by atoms with Crippen molar-refractivity contribution in [2.24, 2.45) is 0 Å². The Balaban J connectivity index is 1.66. The largest absolute Gasteiger partial charge is 0.471 e. The molecule has 0 spiro atoms. The minimum atomic E-state index is -5.01. The number of carbonyl (C=O) groups excluding carboxylic acids is 2. The molecule has 2 N–H and O–H groups in total. The highest BCUT2D eigenvalue weighted by Crippen LogP contribution is 2.26. The Hall–Kier alpha value is -3.31. The third kappa shape index (κ3) is 6.34. The third-order valence-electron chi connectivity index (χ3n) is 3.89. The number of anilines is 1. The molecule has 166 valence electrons. The van der Waals surface area contributed by atoms with Gasteiger partial charge in [0.1, 0.15) is 5.82 Å². The van der Waals surface area contributed by atoms with E-state index in [1.54, 1.807) is 11.4 Å². The second-order valence-corrected chi connectivity index (χ2v) is 7.68. The highest BCUT2D eigenvalue weighted by molar-refractivity contribution is 7.15. The molecular formula is C20H13ClF4N4O2S. The molecule has 2 amide bonds. The Labute approximate surface area is 187 Å². The van der Waals surface area contributed by atoms with E-state index in [0.29, 0.717) is 11.1 Å². The van der Waals surface area contributed by atoms with Gasteiger partial charge in [-0.2, -0.15) is 13.2 Å². The van der Waals surface area contributed by atoms with Crippen molar-refractivity contribution in [1.82, 2.24) is 15.5 Å². The summed E-state index contributed by atoms with van der Waals surface area (Å²) in [5.74, 6) is -2.98. The van der Waals surface area contributed by atoms with Crippen LogP contribution in [0, 0.1) is 5.82 Å². The van der Waals surface area contributed by atoms with Crippen molar-refractivity contribution < 1.29 is 27.2 Å². The number of amides is 2. The zero-order valence-electron chi connectivity index (χ0n) is 15.9. The van der Waals surface area contributed by atoms with Crippen LogP contribution in [-0.4, -0.2) is 28.2 Å². The molecule has 0 radical (unpaired) electrons. The van der Waals surface area contributed by atoms with Gasteiger partial charge in [0.25, 0.3) is 5.91 Å². The van der Waals surface area contributed by atoms with Gasteiger partial charge in [-0.25, -0.2) is 4.39 Å². The van der Waals surface area contributed by atoms with Gasteiger partial charge in [0.05, 0.1) is 5.03 Å². The van der Waals surface area contributed by atoms with E-state index in [4.69, 9.17) is 11.6 Å². The average Bonchev–Trinajstić information content (AvgIpc) is 3.23. The van der Waals surface area contributed by atoms with Gasteiger partial charge in [-0.15, -0.1) is 10.2 Å². The van der Waals surface area contributed by atoms with Gasteiger partial charge in [0, 0.05) is 12.2 Å². The molecule has 0 aliphatic carbocycles. The average molecular weight is 485 g/mol. The normalized spacial score (nSPS) is 11.8. The molecule has 3 aromatic rings. The molecular weight excluding hydrogens is 472 g/mol. The van der Waals surface area contributed by atoms with Gasteiger partial charge < -0.3 is 10.6 Å². The van der Waals surface area contributed by atoms with Crippen molar-refractivity contribution in [2.75, 3.05) is 5.32 Å². The maximum atomic E-state index is 12.9. The molecule has 6 nitrogen and oxygen atoms in total. The standard InChI is InChI=1S/C20H13ClF4N4O2S/c21-15(9-12-2-1-3-14(8-12)27-19(31)20(23,24)25)17-28-29-18(32-17)16(30)26-10-11-4-6-13(22)7-5-11/h1-9H,10H2,(H,26,30)(H,27,31)/b15-9-. The van der Waals surface area contributed by atoms with Gasteiger partial charge in [-0.1, -0.05) is 47.2 Å². The van der Waals surface area contributed by atoms with Crippen molar-refractivity contribution in [3.63, 3.8) is 0 Å². The van der Waals surface area contributed by atoms with Crippen molar-refractivity contribution in [1.29, 1.82) is 0 Å². The number of nitrogens with one attached hydrogen (secondary N) is 2. The lowest BCUT2D eigenvalue weighted by Gasteiger charge is -2.08. The van der Waals surface area contributed by atoms with Crippen LogP contribution < -0.4 is 10.6 Å². The predicted molar refractivity (Wildman–Crippen MR) is 112 cm³/mol. The molecule has 0 atom stereocenters. The zero-order valence-corrected chi connectivity index (χ0v) is 17.5. The van der Waals surface area contributed by atoms with E-state index in [0.717, 1.165) is 11.3 Å². The van der Waals surface area contributed by atoms with Crippen LogP contribution in [0.15, 0.2) is 48.5 Å². The Bertz CT molecular complexity index is 1160. The molecule has 1 heterocycles. The number of rotatable bonds is 6. The molecule has 12 heteroatoms. The van der Waals surface area contributed by atoms with E-state index in [-0.39, 0.29) is 33.1 Å². The Morgan fingerprint density at radius 3 is 2.44 bits per heavy atom. The smallest absolute Gasteiger partial charge is 0.346 e. The number of halogens is 5. The summed E-state index contributed by atoms with van der Waals surface area (Å²) in [6, 6.07) is 11.2. The summed E-state index contributed by atoms with van der Waals surface area (Å²) in [6.07, 6.45) is -3.60. The van der Waals surface area contributed by atoms with Crippen LogP contribution in [0.5, 0.6) is 0 Å². The number of benzene rings is 2. The van der Waals surface area contributed by atoms with Crippen LogP contribution in [0.4, 0.5) is 23.2 Å². The highest BCUT2D eigenvalue weighted by Gasteiger charge is 2.38. The zero-order chi connectivity index (χ0) is 23.3. The Morgan fingerprint density at radius 1 is 1.06 bits per heavy atom. The molecule has 2 aromatic carbocycles. The fraction of sp³-hybridized carbons (Fsp3) is 0.100. The van der Waals surface area contributed by atoms with Crippen LogP contribution in [0.1, 0.15) is 25.9 Å². The monoisotopic (exact) mass is 484 g/mol. The highest BCUT2D eigenvalue weighted by atomic mass is 35.5. The van der Waals surface area contributed by atoms with Gasteiger partial charge in [-0.3, -0.25) is 9.59 Å². The third-order valence-corrected chi connectivity index (χ3v) is 5.24. The summed E-state index contributed by atoms with van der Waals surface area (Å²) in [5, 5.41) is 12.3. The summed E-state index contributed by atoms with van der Waals surface area (Å²) >= 11 is 7.12. The number of carbonyl (C=O) groups is 2. The fourth-order valence-electron chi connectivity index (χ4n) is 2.39. The van der Waals surface area contributed by atoms with Gasteiger partial charge >= 0.3 is 12.1 Å². The van der Waals surface area contributed by atoms with Crippen molar-refractivity contribution in [3.8, 4) is 0 Å². The lowest BCUT2D eigenvalue weighted by Crippen LogP contribution is -2.29. The summed E-state index contributed by atoms with van der Waals surface area (Å²) in [5.41, 5.74) is 1.02. The van der Waals surface area contributed by atoms with E-state index in [9.17, 15) is 27.2 Å². The van der Waals surface area contributed by atoms with Crippen LogP contribution in [0.3, 0.4) is 0 Å². The predicted octanol–water partition coefficient (Wildman–Crippen LogP) is 4.84. The van der Waals surface area contributed by atoms with E-state index in [1.165, 1.54) is 48.5 Å². The first-order chi connectivity index (χ1) is 15.1.